The molecule has 146 valence electrons. The Kier molecular flexibility index (Phi) is 5.78. The van der Waals surface area contributed by atoms with Crippen molar-refractivity contribution in [2.24, 2.45) is 0 Å². The highest BCUT2D eigenvalue weighted by Gasteiger charge is 2.19. The molecule has 0 saturated heterocycles. The number of sulfonamides is 1. The molecule has 1 aromatic heterocycles. The molecule has 0 aliphatic heterocycles. The van der Waals surface area contributed by atoms with E-state index in [1.807, 2.05) is 11.8 Å². The van der Waals surface area contributed by atoms with E-state index in [1.165, 1.54) is 28.9 Å². The molecule has 1 amide bonds. The number of nitrogens with one attached hydrogen (secondary N) is 2. The second-order valence-electron chi connectivity index (χ2n) is 5.94. The lowest BCUT2D eigenvalue weighted by Gasteiger charge is -2.12. The number of amides is 1. The van der Waals surface area contributed by atoms with E-state index in [1.54, 1.807) is 24.3 Å². The summed E-state index contributed by atoms with van der Waals surface area (Å²) in [4.78, 5) is 27.1. The molecule has 0 bridgehead atoms. The Labute approximate surface area is 166 Å². The smallest absolute Gasteiger partial charge is 0.272 e. The van der Waals surface area contributed by atoms with Gasteiger partial charge < -0.3 is 0 Å². The number of rotatable bonds is 6. The lowest BCUT2D eigenvalue weighted by molar-refractivity contribution is 0.0939. The van der Waals surface area contributed by atoms with Crippen molar-refractivity contribution < 1.29 is 13.2 Å². The number of benzene rings is 2. The molecule has 8 nitrogen and oxygen atoms in total. The zero-order valence-corrected chi connectivity index (χ0v) is 16.4. The van der Waals surface area contributed by atoms with Crippen LogP contribution in [0.4, 0.5) is 0 Å². The van der Waals surface area contributed by atoms with Gasteiger partial charge in [0, 0.05) is 17.0 Å². The van der Waals surface area contributed by atoms with E-state index in [9.17, 15) is 18.0 Å². The van der Waals surface area contributed by atoms with Crippen molar-refractivity contribution >= 4 is 38.3 Å². The minimum atomic E-state index is -4.00. The van der Waals surface area contributed by atoms with Gasteiger partial charge in [-0.3, -0.25) is 15.0 Å². The average molecular weight is 421 g/mol. The molecule has 0 aliphatic carbocycles. The second-order valence-corrected chi connectivity index (χ2v) is 8.05. The van der Waals surface area contributed by atoms with Gasteiger partial charge in [0.05, 0.1) is 10.3 Å². The molecule has 3 aromatic rings. The number of halogens is 1. The first-order valence-corrected chi connectivity index (χ1v) is 10.3. The van der Waals surface area contributed by atoms with Crippen LogP contribution in [0.15, 0.2) is 58.2 Å². The molecule has 0 aliphatic rings. The number of nitrogens with zero attached hydrogens (tertiary/aromatic N) is 2. The molecule has 0 spiro atoms. The van der Waals surface area contributed by atoms with E-state index in [0.717, 1.165) is 0 Å². The summed E-state index contributed by atoms with van der Waals surface area (Å²) in [5.41, 5.74) is 1.78. The Balaban J connectivity index is 1.92. The quantitative estimate of drug-likeness (QED) is 0.593. The lowest BCUT2D eigenvalue weighted by atomic mass is 10.1. The fourth-order valence-electron chi connectivity index (χ4n) is 2.61. The maximum absolute atomic E-state index is 12.6. The zero-order valence-electron chi connectivity index (χ0n) is 14.8. The Hall–Kier alpha value is -2.75. The van der Waals surface area contributed by atoms with Gasteiger partial charge in [0.25, 0.3) is 21.5 Å². The molecule has 0 radical (unpaired) electrons. The maximum atomic E-state index is 12.6. The predicted molar refractivity (Wildman–Crippen MR) is 106 cm³/mol. The van der Waals surface area contributed by atoms with Gasteiger partial charge in [-0.2, -0.15) is 5.10 Å². The van der Waals surface area contributed by atoms with Crippen molar-refractivity contribution in [2.45, 2.75) is 24.8 Å². The topological polar surface area (TPSA) is 110 Å². The number of aryl methyl sites for hydroxylation is 1. The van der Waals surface area contributed by atoms with E-state index in [-0.39, 0.29) is 16.1 Å². The highest BCUT2D eigenvalue weighted by molar-refractivity contribution is 7.89. The minimum Gasteiger partial charge on any atom is -0.272 e. The second kappa shape index (κ2) is 8.09. The summed E-state index contributed by atoms with van der Waals surface area (Å²) in [6.45, 7) is 2.21. The predicted octanol–water partition coefficient (Wildman–Crippen LogP) is 2.08. The number of hydrazine groups is 1. The SMILES string of the molecule is CCCn1nc(C(=O)NNS(=O)(=O)c2ccc(Cl)cc2)c2ccccc2c1=O. The fraction of sp³-hybridized carbons (Fsp3) is 0.167. The molecule has 2 N–H and O–H groups in total. The number of hydrogen-bond donors (Lipinski definition) is 2. The first-order valence-electron chi connectivity index (χ1n) is 8.41. The van der Waals surface area contributed by atoms with Crippen LogP contribution in [0, 0.1) is 0 Å². The standard InChI is InChI=1S/C18H17ClN4O4S/c1-2-11-23-18(25)15-6-4-3-5-14(15)16(21-23)17(24)20-22-28(26,27)13-9-7-12(19)8-10-13/h3-10,22H,2,11H2,1H3,(H,20,24). The molecule has 1 heterocycles. The molecule has 3 rings (SSSR count). The number of fused-ring (bicyclic) bond motifs is 1. The molecule has 0 fully saturated rings. The third kappa shape index (κ3) is 4.06. The monoisotopic (exact) mass is 420 g/mol. The highest BCUT2D eigenvalue weighted by Crippen LogP contribution is 2.15. The van der Waals surface area contributed by atoms with Crippen molar-refractivity contribution in [3.8, 4) is 0 Å². The van der Waals surface area contributed by atoms with Gasteiger partial charge in [-0.05, 0) is 36.8 Å². The van der Waals surface area contributed by atoms with Gasteiger partial charge >= 0.3 is 0 Å². The van der Waals surface area contributed by atoms with Gasteiger partial charge in [0.15, 0.2) is 5.69 Å². The van der Waals surface area contributed by atoms with Gasteiger partial charge in [0.1, 0.15) is 0 Å². The van der Waals surface area contributed by atoms with Crippen molar-refractivity contribution in [3.05, 3.63) is 69.6 Å². The molecule has 0 saturated carbocycles. The normalized spacial score (nSPS) is 11.5. The fourth-order valence-corrected chi connectivity index (χ4v) is 3.58. The van der Waals surface area contributed by atoms with Crippen LogP contribution in [0.1, 0.15) is 23.8 Å². The Morgan fingerprint density at radius 2 is 1.75 bits per heavy atom. The molecular weight excluding hydrogens is 404 g/mol. The lowest BCUT2D eigenvalue weighted by Crippen LogP contribution is -2.42. The summed E-state index contributed by atoms with van der Waals surface area (Å²) in [5, 5.41) is 5.17. The van der Waals surface area contributed by atoms with Crippen molar-refractivity contribution in [1.82, 2.24) is 20.0 Å². The largest absolute Gasteiger partial charge is 0.287 e. The van der Waals surface area contributed by atoms with E-state index in [2.05, 4.69) is 10.5 Å². The van der Waals surface area contributed by atoms with Crippen LogP contribution < -0.4 is 15.8 Å². The third-order valence-electron chi connectivity index (χ3n) is 3.94. The van der Waals surface area contributed by atoms with Crippen LogP contribution in [0.3, 0.4) is 0 Å². The first kappa shape index (κ1) is 20.0. The minimum absolute atomic E-state index is 0.0533. The molecule has 10 heteroatoms. The summed E-state index contributed by atoms with van der Waals surface area (Å²) in [6, 6.07) is 12.0. The molecule has 0 atom stereocenters. The van der Waals surface area contributed by atoms with Crippen LogP contribution in [-0.2, 0) is 16.6 Å². The summed E-state index contributed by atoms with van der Waals surface area (Å²) in [6.07, 6.45) is 0.648. The number of carbonyl (C=O) groups is 1. The van der Waals surface area contributed by atoms with Gasteiger partial charge in [-0.15, -0.1) is 4.83 Å². The third-order valence-corrected chi connectivity index (χ3v) is 5.46. The van der Waals surface area contributed by atoms with Crippen molar-refractivity contribution in [3.63, 3.8) is 0 Å². The molecule has 0 unspecified atom stereocenters. The van der Waals surface area contributed by atoms with Crippen LogP contribution in [-0.4, -0.2) is 24.1 Å². The van der Waals surface area contributed by atoms with E-state index >= 15 is 0 Å². The van der Waals surface area contributed by atoms with E-state index in [0.29, 0.717) is 28.8 Å². The highest BCUT2D eigenvalue weighted by atomic mass is 35.5. The summed E-state index contributed by atoms with van der Waals surface area (Å²) < 4.78 is 25.8. The number of hydrogen-bond acceptors (Lipinski definition) is 5. The average Bonchev–Trinajstić information content (AvgIpc) is 2.69. The summed E-state index contributed by atoms with van der Waals surface area (Å²) in [5.74, 6) is -0.779. The van der Waals surface area contributed by atoms with Crippen LogP contribution in [0.25, 0.3) is 10.8 Å². The maximum Gasteiger partial charge on any atom is 0.287 e. The first-order chi connectivity index (χ1) is 13.3. The Bertz CT molecular complexity index is 1190. The van der Waals surface area contributed by atoms with Gasteiger partial charge in [-0.25, -0.2) is 13.1 Å². The molecule has 28 heavy (non-hydrogen) atoms. The zero-order chi connectivity index (χ0) is 20.3. The van der Waals surface area contributed by atoms with Gasteiger partial charge in [-0.1, -0.05) is 36.7 Å². The van der Waals surface area contributed by atoms with Crippen LogP contribution in [0.5, 0.6) is 0 Å². The van der Waals surface area contributed by atoms with E-state index in [4.69, 9.17) is 11.6 Å². The molecular formula is C18H17ClN4O4S. The van der Waals surface area contributed by atoms with Crippen molar-refractivity contribution in [2.75, 3.05) is 0 Å². The number of carbonyl (C=O) groups excluding carboxylic acids is 1. The van der Waals surface area contributed by atoms with Crippen LogP contribution >= 0.6 is 11.6 Å². The number of aromatic nitrogens is 2. The van der Waals surface area contributed by atoms with Crippen LogP contribution in [0.2, 0.25) is 5.02 Å². The van der Waals surface area contributed by atoms with Gasteiger partial charge in [0.2, 0.25) is 0 Å². The van der Waals surface area contributed by atoms with E-state index < -0.39 is 15.9 Å². The Morgan fingerprint density at radius 1 is 1.11 bits per heavy atom. The summed E-state index contributed by atoms with van der Waals surface area (Å²) >= 11 is 5.76. The van der Waals surface area contributed by atoms with Crippen molar-refractivity contribution in [1.29, 1.82) is 0 Å². The Morgan fingerprint density at radius 3 is 2.39 bits per heavy atom. The summed E-state index contributed by atoms with van der Waals surface area (Å²) in [7, 11) is -4.00. The molecule has 2 aromatic carbocycles.